The number of H-pyrrole nitrogens is 1. The fourth-order valence-corrected chi connectivity index (χ4v) is 2.20. The molecule has 0 radical (unpaired) electrons. The van der Waals surface area contributed by atoms with Gasteiger partial charge >= 0.3 is 0 Å². The lowest BCUT2D eigenvalue weighted by Gasteiger charge is -2.26. The van der Waals surface area contributed by atoms with Gasteiger partial charge in [-0.1, -0.05) is 0 Å². The van der Waals surface area contributed by atoms with E-state index in [1.807, 2.05) is 18.3 Å². The quantitative estimate of drug-likeness (QED) is 0.854. The van der Waals surface area contributed by atoms with Crippen molar-refractivity contribution in [2.75, 3.05) is 44.7 Å². The molecule has 0 bridgehead atoms. The summed E-state index contributed by atoms with van der Waals surface area (Å²) >= 11 is 0. The van der Waals surface area contributed by atoms with Gasteiger partial charge in [-0.3, -0.25) is 4.90 Å². The van der Waals surface area contributed by atoms with Gasteiger partial charge in [-0.2, -0.15) is 0 Å². The lowest BCUT2D eigenvalue weighted by Crippen LogP contribution is -2.39. The number of aromatic amines is 1. The summed E-state index contributed by atoms with van der Waals surface area (Å²) in [6, 6.07) is 6.13. The summed E-state index contributed by atoms with van der Waals surface area (Å²) < 4.78 is 5.33. The van der Waals surface area contributed by atoms with E-state index < -0.39 is 0 Å². The largest absolute Gasteiger partial charge is 0.379 e. The predicted octanol–water partition coefficient (Wildman–Crippen LogP) is 1.31. The number of anilines is 1. The van der Waals surface area contributed by atoms with E-state index in [1.165, 1.54) is 0 Å². The van der Waals surface area contributed by atoms with Crippen LogP contribution in [0.15, 0.2) is 24.4 Å². The number of nitrogens with zero attached hydrogens (tertiary/aromatic N) is 2. The van der Waals surface area contributed by atoms with Crippen LogP contribution in [0.2, 0.25) is 0 Å². The molecule has 1 fully saturated rings. The highest BCUT2D eigenvalue weighted by Crippen LogP contribution is 2.12. The highest BCUT2D eigenvalue weighted by atomic mass is 16.5. The molecule has 1 aliphatic rings. The molecule has 1 saturated heterocycles. The molecule has 2 aromatic rings. The van der Waals surface area contributed by atoms with Gasteiger partial charge in [0.1, 0.15) is 11.5 Å². The van der Waals surface area contributed by atoms with Gasteiger partial charge < -0.3 is 15.0 Å². The summed E-state index contributed by atoms with van der Waals surface area (Å²) in [6.07, 6.45) is 1.91. The molecular weight excluding hydrogens is 228 g/mol. The molecule has 0 amide bonds. The van der Waals surface area contributed by atoms with E-state index in [4.69, 9.17) is 4.74 Å². The molecule has 18 heavy (non-hydrogen) atoms. The van der Waals surface area contributed by atoms with Crippen LogP contribution in [0.5, 0.6) is 0 Å². The molecule has 3 heterocycles. The summed E-state index contributed by atoms with van der Waals surface area (Å²) in [6.45, 7) is 5.72. The fourth-order valence-electron chi connectivity index (χ4n) is 2.20. The summed E-state index contributed by atoms with van der Waals surface area (Å²) in [5.74, 6) is 0.929. The third-order valence-electron chi connectivity index (χ3n) is 3.25. The Kier molecular flexibility index (Phi) is 3.43. The van der Waals surface area contributed by atoms with Crippen LogP contribution in [0.3, 0.4) is 0 Å². The molecule has 5 heteroatoms. The highest BCUT2D eigenvalue weighted by Gasteiger charge is 2.09. The van der Waals surface area contributed by atoms with Gasteiger partial charge in [0.2, 0.25) is 0 Å². The molecule has 0 aliphatic carbocycles. The Morgan fingerprint density at radius 2 is 2.17 bits per heavy atom. The summed E-state index contributed by atoms with van der Waals surface area (Å²) in [5.41, 5.74) is 0.936. The van der Waals surface area contributed by atoms with Crippen molar-refractivity contribution in [2.45, 2.75) is 0 Å². The zero-order valence-corrected chi connectivity index (χ0v) is 10.4. The number of nitrogens with one attached hydrogen (secondary N) is 2. The Balaban J connectivity index is 1.52. The maximum atomic E-state index is 5.33. The van der Waals surface area contributed by atoms with Gasteiger partial charge in [0.25, 0.3) is 0 Å². The van der Waals surface area contributed by atoms with Gasteiger partial charge in [-0.05, 0) is 18.2 Å². The first kappa shape index (κ1) is 11.5. The Morgan fingerprint density at radius 3 is 3.06 bits per heavy atom. The van der Waals surface area contributed by atoms with Gasteiger partial charge in [-0.15, -0.1) is 0 Å². The smallest absolute Gasteiger partial charge is 0.139 e. The normalized spacial score (nSPS) is 17.1. The van der Waals surface area contributed by atoms with Crippen LogP contribution < -0.4 is 5.32 Å². The minimum atomic E-state index is 0.854. The predicted molar refractivity (Wildman–Crippen MR) is 71.8 cm³/mol. The van der Waals surface area contributed by atoms with Crippen LogP contribution in [-0.2, 0) is 4.74 Å². The molecule has 2 N–H and O–H groups in total. The van der Waals surface area contributed by atoms with Crippen molar-refractivity contribution in [3.8, 4) is 0 Å². The Hall–Kier alpha value is -1.59. The Morgan fingerprint density at radius 1 is 1.28 bits per heavy atom. The number of aromatic nitrogens is 2. The van der Waals surface area contributed by atoms with E-state index in [-0.39, 0.29) is 0 Å². The molecule has 96 valence electrons. The molecule has 0 aromatic carbocycles. The van der Waals surface area contributed by atoms with Gasteiger partial charge in [-0.25, -0.2) is 4.98 Å². The molecule has 0 saturated carbocycles. The topological polar surface area (TPSA) is 53.2 Å². The van der Waals surface area contributed by atoms with Gasteiger partial charge in [0.05, 0.1) is 13.2 Å². The highest BCUT2D eigenvalue weighted by molar-refractivity contribution is 5.77. The van der Waals surface area contributed by atoms with Crippen molar-refractivity contribution in [1.29, 1.82) is 0 Å². The van der Waals surface area contributed by atoms with Crippen molar-refractivity contribution in [2.24, 2.45) is 0 Å². The van der Waals surface area contributed by atoms with Crippen molar-refractivity contribution < 1.29 is 4.74 Å². The van der Waals surface area contributed by atoms with Gasteiger partial charge in [0, 0.05) is 37.8 Å². The second kappa shape index (κ2) is 5.37. The van der Waals surface area contributed by atoms with E-state index in [9.17, 15) is 0 Å². The molecule has 2 aromatic heterocycles. The molecule has 0 atom stereocenters. The third-order valence-corrected chi connectivity index (χ3v) is 3.25. The Labute approximate surface area is 106 Å². The molecule has 0 spiro atoms. The van der Waals surface area contributed by atoms with Crippen LogP contribution in [0.1, 0.15) is 0 Å². The minimum Gasteiger partial charge on any atom is -0.379 e. The standard InChI is InChI=1S/C13H18N4O/c1-2-12(16-13-11(1)3-4-15-13)14-5-6-17-7-9-18-10-8-17/h1-4H,5-10H2,(H2,14,15,16). The Bertz CT molecular complexity index is 504. The molecule has 1 aliphatic heterocycles. The maximum Gasteiger partial charge on any atom is 0.139 e. The lowest BCUT2D eigenvalue weighted by atomic mass is 10.3. The number of rotatable bonds is 4. The summed E-state index contributed by atoms with van der Waals surface area (Å²) in [5, 5.41) is 4.51. The van der Waals surface area contributed by atoms with Crippen LogP contribution >= 0.6 is 0 Å². The van der Waals surface area contributed by atoms with Crippen molar-refractivity contribution in [1.82, 2.24) is 14.9 Å². The maximum absolute atomic E-state index is 5.33. The summed E-state index contributed by atoms with van der Waals surface area (Å²) in [7, 11) is 0. The summed E-state index contributed by atoms with van der Waals surface area (Å²) in [4.78, 5) is 10.0. The van der Waals surface area contributed by atoms with Crippen LogP contribution in [0, 0.1) is 0 Å². The number of hydrogen-bond acceptors (Lipinski definition) is 4. The zero-order chi connectivity index (χ0) is 12.2. The van der Waals surface area contributed by atoms with E-state index in [0.717, 1.165) is 56.2 Å². The first-order valence-electron chi connectivity index (χ1n) is 6.40. The molecular formula is C13H18N4O. The second-order valence-corrected chi connectivity index (χ2v) is 4.49. The molecule has 3 rings (SSSR count). The first-order chi connectivity index (χ1) is 8.92. The number of ether oxygens (including phenoxy) is 1. The number of pyridine rings is 1. The lowest BCUT2D eigenvalue weighted by molar-refractivity contribution is 0.0398. The first-order valence-corrected chi connectivity index (χ1v) is 6.40. The zero-order valence-electron chi connectivity index (χ0n) is 10.4. The third kappa shape index (κ3) is 2.63. The molecule has 0 unspecified atom stereocenters. The monoisotopic (exact) mass is 246 g/mol. The van der Waals surface area contributed by atoms with E-state index in [0.29, 0.717) is 0 Å². The van der Waals surface area contributed by atoms with Crippen molar-refractivity contribution >= 4 is 16.9 Å². The number of fused-ring (bicyclic) bond motifs is 1. The average Bonchev–Trinajstić information content (AvgIpc) is 2.87. The van der Waals surface area contributed by atoms with Crippen molar-refractivity contribution in [3.63, 3.8) is 0 Å². The SMILES string of the molecule is c1cc2ccc(NCCN3CCOCC3)nc2[nH]1. The molecule has 5 nitrogen and oxygen atoms in total. The number of hydrogen-bond donors (Lipinski definition) is 2. The van der Waals surface area contributed by atoms with Gasteiger partial charge in [0.15, 0.2) is 0 Å². The van der Waals surface area contributed by atoms with Crippen LogP contribution in [-0.4, -0.2) is 54.3 Å². The average molecular weight is 246 g/mol. The van der Waals surface area contributed by atoms with E-state index in [1.54, 1.807) is 0 Å². The van der Waals surface area contributed by atoms with Crippen LogP contribution in [0.4, 0.5) is 5.82 Å². The van der Waals surface area contributed by atoms with E-state index in [2.05, 4.69) is 26.3 Å². The van der Waals surface area contributed by atoms with E-state index >= 15 is 0 Å². The number of morpholine rings is 1. The van der Waals surface area contributed by atoms with Crippen molar-refractivity contribution in [3.05, 3.63) is 24.4 Å². The fraction of sp³-hybridized carbons (Fsp3) is 0.462. The minimum absolute atomic E-state index is 0.854. The second-order valence-electron chi connectivity index (χ2n) is 4.49. The van der Waals surface area contributed by atoms with Crippen LogP contribution in [0.25, 0.3) is 11.0 Å².